The van der Waals surface area contributed by atoms with Crippen molar-refractivity contribution in [3.8, 4) is 0 Å². The molecule has 2 aliphatic rings. The van der Waals surface area contributed by atoms with Crippen LogP contribution in [0.5, 0.6) is 0 Å². The topological polar surface area (TPSA) is 26.3 Å². The lowest BCUT2D eigenvalue weighted by atomic mass is 9.93. The predicted molar refractivity (Wildman–Crippen MR) is 50.2 cm³/mol. The third-order valence-electron chi connectivity index (χ3n) is 3.16. The Morgan fingerprint density at radius 3 is 2.46 bits per heavy atom. The van der Waals surface area contributed by atoms with Crippen LogP contribution in [-0.4, -0.2) is 11.4 Å². The average molecular weight is 180 g/mol. The summed E-state index contributed by atoms with van der Waals surface area (Å²) >= 11 is 0. The molecule has 2 nitrogen and oxygen atoms in total. The van der Waals surface area contributed by atoms with E-state index in [4.69, 9.17) is 4.74 Å². The molecule has 13 heavy (non-hydrogen) atoms. The summed E-state index contributed by atoms with van der Waals surface area (Å²) in [6, 6.07) is 0. The summed E-state index contributed by atoms with van der Waals surface area (Å²) in [5, 5.41) is 0. The highest BCUT2D eigenvalue weighted by Crippen LogP contribution is 2.43. The Labute approximate surface area is 79.0 Å². The Kier molecular flexibility index (Phi) is 1.94. The third kappa shape index (κ3) is 1.28. The first kappa shape index (κ1) is 8.79. The second-order valence-electron chi connectivity index (χ2n) is 3.99. The van der Waals surface area contributed by atoms with Crippen molar-refractivity contribution in [3.05, 3.63) is 11.8 Å². The summed E-state index contributed by atoms with van der Waals surface area (Å²) < 4.78 is 5.80. The van der Waals surface area contributed by atoms with E-state index >= 15 is 0 Å². The summed E-state index contributed by atoms with van der Waals surface area (Å²) in [4.78, 5) is 11.7. The van der Waals surface area contributed by atoms with Crippen molar-refractivity contribution in [2.24, 2.45) is 5.92 Å². The highest BCUT2D eigenvalue weighted by atomic mass is 16.5. The number of rotatable bonds is 3. The van der Waals surface area contributed by atoms with Crippen molar-refractivity contribution in [1.82, 2.24) is 0 Å². The van der Waals surface area contributed by atoms with Crippen molar-refractivity contribution < 1.29 is 9.53 Å². The number of hydrogen-bond donors (Lipinski definition) is 0. The maximum atomic E-state index is 11.7. The number of carbonyl (C=O) groups excluding carboxylic acids is 1. The highest BCUT2D eigenvalue weighted by molar-refractivity contribution is 5.99. The maximum Gasteiger partial charge on any atom is 0.202 e. The average Bonchev–Trinajstić information content (AvgIpc) is 2.92. The van der Waals surface area contributed by atoms with Gasteiger partial charge in [0.15, 0.2) is 5.60 Å². The molecule has 72 valence electrons. The first-order chi connectivity index (χ1) is 6.22. The van der Waals surface area contributed by atoms with Crippen LogP contribution in [0.4, 0.5) is 0 Å². The maximum absolute atomic E-state index is 11.7. The van der Waals surface area contributed by atoms with Gasteiger partial charge in [-0.15, -0.1) is 0 Å². The molecule has 0 radical (unpaired) electrons. The minimum Gasteiger partial charge on any atom is -0.483 e. The molecule has 1 aliphatic carbocycles. The molecule has 0 aromatic carbocycles. The number of ketones is 1. The van der Waals surface area contributed by atoms with Gasteiger partial charge in [0.25, 0.3) is 0 Å². The fourth-order valence-corrected chi connectivity index (χ4v) is 1.88. The summed E-state index contributed by atoms with van der Waals surface area (Å²) in [7, 11) is 0. The molecule has 0 spiro atoms. The summed E-state index contributed by atoms with van der Waals surface area (Å²) in [6.07, 6.45) is 5.69. The van der Waals surface area contributed by atoms with Gasteiger partial charge in [-0.3, -0.25) is 4.79 Å². The van der Waals surface area contributed by atoms with Crippen LogP contribution in [0.25, 0.3) is 0 Å². The van der Waals surface area contributed by atoms with E-state index in [-0.39, 0.29) is 5.78 Å². The van der Waals surface area contributed by atoms with Crippen LogP contribution in [-0.2, 0) is 9.53 Å². The minimum atomic E-state index is -0.502. The van der Waals surface area contributed by atoms with E-state index in [1.807, 2.05) is 13.8 Å². The quantitative estimate of drug-likeness (QED) is 0.666. The molecule has 1 aliphatic heterocycles. The van der Waals surface area contributed by atoms with Gasteiger partial charge in [0.05, 0.1) is 0 Å². The molecule has 2 heteroatoms. The second kappa shape index (κ2) is 2.86. The third-order valence-corrected chi connectivity index (χ3v) is 3.16. The zero-order chi connectivity index (χ0) is 9.47. The van der Waals surface area contributed by atoms with Gasteiger partial charge in [0, 0.05) is 12.0 Å². The molecule has 0 aromatic rings. The van der Waals surface area contributed by atoms with Crippen LogP contribution in [0.3, 0.4) is 0 Å². The standard InChI is InChI=1S/C11H16O2/c1-3-11(4-2)10(12)7-9(13-11)8-5-6-8/h7-8H,3-6H2,1-2H3. The fraction of sp³-hybridized carbons (Fsp3) is 0.727. The van der Waals surface area contributed by atoms with Crippen LogP contribution < -0.4 is 0 Å². The number of hydrogen-bond acceptors (Lipinski definition) is 2. The SMILES string of the molecule is CCC1(CC)OC(C2CC2)=CC1=O. The molecule has 1 saturated carbocycles. The molecule has 0 atom stereocenters. The van der Waals surface area contributed by atoms with Gasteiger partial charge < -0.3 is 4.74 Å². The van der Waals surface area contributed by atoms with Crippen LogP contribution >= 0.6 is 0 Å². The Morgan fingerprint density at radius 1 is 1.46 bits per heavy atom. The van der Waals surface area contributed by atoms with E-state index in [1.54, 1.807) is 6.08 Å². The zero-order valence-corrected chi connectivity index (χ0v) is 8.30. The lowest BCUT2D eigenvalue weighted by Crippen LogP contribution is -2.34. The lowest BCUT2D eigenvalue weighted by Gasteiger charge is -2.25. The smallest absolute Gasteiger partial charge is 0.202 e. The Morgan fingerprint density at radius 2 is 2.08 bits per heavy atom. The van der Waals surface area contributed by atoms with Crippen molar-refractivity contribution in [2.75, 3.05) is 0 Å². The van der Waals surface area contributed by atoms with E-state index in [1.165, 1.54) is 12.8 Å². The van der Waals surface area contributed by atoms with Gasteiger partial charge in [-0.1, -0.05) is 13.8 Å². The fourth-order valence-electron chi connectivity index (χ4n) is 1.88. The Bertz CT molecular complexity index is 257. The van der Waals surface area contributed by atoms with Crippen LogP contribution in [0.1, 0.15) is 39.5 Å². The van der Waals surface area contributed by atoms with E-state index in [9.17, 15) is 4.79 Å². The van der Waals surface area contributed by atoms with Gasteiger partial charge in [-0.25, -0.2) is 0 Å². The lowest BCUT2D eigenvalue weighted by molar-refractivity contribution is -0.131. The summed E-state index contributed by atoms with van der Waals surface area (Å²) in [5.74, 6) is 1.69. The first-order valence-corrected chi connectivity index (χ1v) is 5.17. The largest absolute Gasteiger partial charge is 0.483 e. The predicted octanol–water partition coefficient (Wildman–Crippen LogP) is 2.44. The second-order valence-corrected chi connectivity index (χ2v) is 3.99. The van der Waals surface area contributed by atoms with Crippen molar-refractivity contribution in [1.29, 1.82) is 0 Å². The van der Waals surface area contributed by atoms with Crippen LogP contribution in [0.15, 0.2) is 11.8 Å². The van der Waals surface area contributed by atoms with E-state index in [0.29, 0.717) is 5.92 Å². The molecule has 0 aromatic heterocycles. The van der Waals surface area contributed by atoms with E-state index < -0.39 is 5.60 Å². The van der Waals surface area contributed by atoms with E-state index in [2.05, 4.69) is 0 Å². The molecular formula is C11H16O2. The van der Waals surface area contributed by atoms with Crippen molar-refractivity contribution in [3.63, 3.8) is 0 Å². The molecule has 1 heterocycles. The summed E-state index contributed by atoms with van der Waals surface area (Å²) in [6.45, 7) is 4.04. The van der Waals surface area contributed by atoms with Gasteiger partial charge in [0.2, 0.25) is 5.78 Å². The number of allylic oxidation sites excluding steroid dienone is 1. The zero-order valence-electron chi connectivity index (χ0n) is 8.30. The Balaban J connectivity index is 2.15. The monoisotopic (exact) mass is 180 g/mol. The number of ether oxygens (including phenoxy) is 1. The molecule has 0 N–H and O–H groups in total. The molecule has 2 rings (SSSR count). The van der Waals surface area contributed by atoms with Gasteiger partial charge in [0.1, 0.15) is 5.76 Å². The molecule has 0 amide bonds. The van der Waals surface area contributed by atoms with Crippen molar-refractivity contribution >= 4 is 5.78 Å². The van der Waals surface area contributed by atoms with Gasteiger partial charge >= 0.3 is 0 Å². The van der Waals surface area contributed by atoms with Gasteiger partial charge in [-0.05, 0) is 25.7 Å². The highest BCUT2D eigenvalue weighted by Gasteiger charge is 2.45. The molecular weight excluding hydrogens is 164 g/mol. The number of carbonyl (C=O) groups is 1. The van der Waals surface area contributed by atoms with Crippen molar-refractivity contribution in [2.45, 2.75) is 45.1 Å². The minimum absolute atomic E-state index is 0.180. The summed E-state index contributed by atoms with van der Waals surface area (Å²) in [5.41, 5.74) is -0.502. The van der Waals surface area contributed by atoms with E-state index in [0.717, 1.165) is 18.6 Å². The molecule has 0 bridgehead atoms. The molecule has 1 fully saturated rings. The first-order valence-electron chi connectivity index (χ1n) is 5.17. The Hall–Kier alpha value is -0.790. The molecule has 0 unspecified atom stereocenters. The van der Waals surface area contributed by atoms with Crippen LogP contribution in [0.2, 0.25) is 0 Å². The van der Waals surface area contributed by atoms with Crippen LogP contribution in [0, 0.1) is 5.92 Å². The normalized spacial score (nSPS) is 25.7. The van der Waals surface area contributed by atoms with Gasteiger partial charge in [-0.2, -0.15) is 0 Å². The molecule has 0 saturated heterocycles.